The molecule has 0 aromatic carbocycles. The van der Waals surface area contributed by atoms with E-state index in [0.29, 0.717) is 6.42 Å². The average molecular weight is 250 g/mol. The Labute approximate surface area is 93.1 Å². The SMILES string of the molecule is O=C(O)CNC(=O)NCC1CCS(=O)(=O)C1. The van der Waals surface area contributed by atoms with Crippen molar-refractivity contribution < 1.29 is 23.1 Å². The van der Waals surface area contributed by atoms with Gasteiger partial charge in [0.05, 0.1) is 11.5 Å². The van der Waals surface area contributed by atoms with E-state index >= 15 is 0 Å². The molecule has 1 aliphatic heterocycles. The van der Waals surface area contributed by atoms with E-state index in [1.165, 1.54) is 0 Å². The van der Waals surface area contributed by atoms with Gasteiger partial charge in [-0.25, -0.2) is 13.2 Å². The van der Waals surface area contributed by atoms with Gasteiger partial charge in [0.1, 0.15) is 6.54 Å². The molecule has 0 saturated carbocycles. The first-order valence-corrected chi connectivity index (χ1v) is 6.65. The van der Waals surface area contributed by atoms with Gasteiger partial charge in [0.2, 0.25) is 0 Å². The number of carboxylic acids is 1. The number of hydrogen-bond acceptors (Lipinski definition) is 4. The number of rotatable bonds is 4. The Bertz CT molecular complexity index is 378. The Hall–Kier alpha value is -1.31. The van der Waals surface area contributed by atoms with Crippen LogP contribution in [-0.4, -0.2) is 50.1 Å². The number of carbonyl (C=O) groups is 2. The number of nitrogens with one attached hydrogen (secondary N) is 2. The number of sulfone groups is 1. The van der Waals surface area contributed by atoms with E-state index in [0.717, 1.165) is 0 Å². The van der Waals surface area contributed by atoms with Gasteiger partial charge in [0, 0.05) is 6.54 Å². The molecule has 1 heterocycles. The monoisotopic (exact) mass is 250 g/mol. The summed E-state index contributed by atoms with van der Waals surface area (Å²) in [5.41, 5.74) is 0. The molecule has 1 unspecified atom stereocenters. The Kier molecular flexibility index (Phi) is 4.11. The van der Waals surface area contributed by atoms with Gasteiger partial charge in [-0.15, -0.1) is 0 Å². The van der Waals surface area contributed by atoms with Crippen molar-refractivity contribution in [1.82, 2.24) is 10.6 Å². The molecule has 2 amide bonds. The van der Waals surface area contributed by atoms with Crippen LogP contribution < -0.4 is 10.6 Å². The highest BCUT2D eigenvalue weighted by atomic mass is 32.2. The standard InChI is InChI=1S/C8H14N2O5S/c11-7(12)4-10-8(13)9-3-6-1-2-16(14,15)5-6/h6H,1-5H2,(H,11,12)(H2,9,10,13). The second-order valence-corrected chi connectivity index (χ2v) is 5.96. The number of carboxylic acid groups (broad SMARTS) is 1. The molecule has 1 rings (SSSR count). The van der Waals surface area contributed by atoms with Gasteiger partial charge < -0.3 is 15.7 Å². The highest BCUT2D eigenvalue weighted by molar-refractivity contribution is 7.91. The van der Waals surface area contributed by atoms with Crippen LogP contribution in [0, 0.1) is 5.92 Å². The van der Waals surface area contributed by atoms with Crippen LogP contribution in [0.2, 0.25) is 0 Å². The van der Waals surface area contributed by atoms with Crippen molar-refractivity contribution in [2.45, 2.75) is 6.42 Å². The summed E-state index contributed by atoms with van der Waals surface area (Å²) in [6.45, 7) is -0.195. The van der Waals surface area contributed by atoms with Crippen LogP contribution in [-0.2, 0) is 14.6 Å². The van der Waals surface area contributed by atoms with E-state index in [2.05, 4.69) is 10.6 Å². The Morgan fingerprint density at radius 3 is 2.50 bits per heavy atom. The summed E-state index contributed by atoms with van der Waals surface area (Å²) < 4.78 is 22.2. The summed E-state index contributed by atoms with van der Waals surface area (Å²) in [6.07, 6.45) is 0.543. The zero-order valence-corrected chi connectivity index (χ0v) is 9.42. The smallest absolute Gasteiger partial charge is 0.323 e. The Morgan fingerprint density at radius 2 is 2.00 bits per heavy atom. The molecule has 0 spiro atoms. The first kappa shape index (κ1) is 12.8. The minimum atomic E-state index is -2.93. The van der Waals surface area contributed by atoms with Gasteiger partial charge in [0.15, 0.2) is 9.84 Å². The summed E-state index contributed by atoms with van der Waals surface area (Å²) >= 11 is 0. The summed E-state index contributed by atoms with van der Waals surface area (Å²) in [5.74, 6) is -0.943. The molecule has 1 saturated heterocycles. The minimum absolute atomic E-state index is 0.0689. The molecule has 7 nitrogen and oxygen atoms in total. The largest absolute Gasteiger partial charge is 0.480 e. The number of aliphatic carboxylic acids is 1. The van der Waals surface area contributed by atoms with E-state index in [9.17, 15) is 18.0 Å². The summed E-state index contributed by atoms with van der Waals surface area (Å²) in [7, 11) is -2.93. The Balaban J connectivity index is 2.20. The molecule has 92 valence electrons. The maximum atomic E-state index is 11.1. The van der Waals surface area contributed by atoms with Gasteiger partial charge in [-0.3, -0.25) is 4.79 Å². The topological polar surface area (TPSA) is 113 Å². The third-order valence-electron chi connectivity index (χ3n) is 2.28. The van der Waals surface area contributed by atoms with Crippen molar-refractivity contribution in [1.29, 1.82) is 0 Å². The summed E-state index contributed by atoms with van der Waals surface area (Å²) in [5, 5.41) is 12.9. The fraction of sp³-hybridized carbons (Fsp3) is 0.750. The van der Waals surface area contributed by atoms with Crippen molar-refractivity contribution >= 4 is 21.8 Å². The molecule has 1 aliphatic rings. The number of amides is 2. The first-order chi connectivity index (χ1) is 7.39. The highest BCUT2D eigenvalue weighted by Crippen LogP contribution is 2.17. The van der Waals surface area contributed by atoms with Crippen LogP contribution in [0.5, 0.6) is 0 Å². The summed E-state index contributed by atoms with van der Waals surface area (Å²) in [6, 6.07) is -0.591. The van der Waals surface area contributed by atoms with E-state index in [4.69, 9.17) is 5.11 Å². The molecule has 0 radical (unpaired) electrons. The molecule has 0 aliphatic carbocycles. The maximum Gasteiger partial charge on any atom is 0.323 e. The van der Waals surface area contributed by atoms with Gasteiger partial charge in [-0.1, -0.05) is 0 Å². The zero-order valence-electron chi connectivity index (χ0n) is 8.60. The van der Waals surface area contributed by atoms with E-state index in [1.807, 2.05) is 0 Å². The van der Waals surface area contributed by atoms with Crippen LogP contribution in [0.15, 0.2) is 0 Å². The van der Waals surface area contributed by atoms with E-state index in [1.54, 1.807) is 0 Å². The maximum absolute atomic E-state index is 11.1. The molecule has 0 aromatic rings. The van der Waals surface area contributed by atoms with Gasteiger partial charge in [-0.05, 0) is 12.3 Å². The summed E-state index contributed by atoms with van der Waals surface area (Å²) in [4.78, 5) is 21.2. The van der Waals surface area contributed by atoms with Crippen molar-refractivity contribution in [3.63, 3.8) is 0 Å². The van der Waals surface area contributed by atoms with Crippen LogP contribution >= 0.6 is 0 Å². The van der Waals surface area contributed by atoms with Crippen molar-refractivity contribution in [2.75, 3.05) is 24.6 Å². The molecular weight excluding hydrogens is 236 g/mol. The minimum Gasteiger partial charge on any atom is -0.480 e. The molecule has 3 N–H and O–H groups in total. The van der Waals surface area contributed by atoms with Crippen molar-refractivity contribution in [2.24, 2.45) is 5.92 Å². The van der Waals surface area contributed by atoms with Gasteiger partial charge >= 0.3 is 12.0 Å². The third-order valence-corrected chi connectivity index (χ3v) is 4.12. The van der Waals surface area contributed by atoms with E-state index < -0.39 is 28.4 Å². The number of urea groups is 1. The second kappa shape index (κ2) is 5.15. The number of hydrogen-bond donors (Lipinski definition) is 3. The highest BCUT2D eigenvalue weighted by Gasteiger charge is 2.27. The van der Waals surface area contributed by atoms with Crippen molar-refractivity contribution in [3.8, 4) is 0 Å². The zero-order chi connectivity index (χ0) is 12.2. The molecule has 8 heteroatoms. The first-order valence-electron chi connectivity index (χ1n) is 4.83. The predicted molar refractivity (Wildman–Crippen MR) is 55.8 cm³/mol. The second-order valence-electron chi connectivity index (χ2n) is 3.73. The third kappa shape index (κ3) is 4.47. The number of carbonyl (C=O) groups excluding carboxylic acids is 1. The Morgan fingerprint density at radius 1 is 1.31 bits per heavy atom. The van der Waals surface area contributed by atoms with Crippen LogP contribution in [0.3, 0.4) is 0 Å². The molecule has 1 atom stereocenters. The lowest BCUT2D eigenvalue weighted by atomic mass is 10.1. The van der Waals surface area contributed by atoms with Gasteiger partial charge in [0.25, 0.3) is 0 Å². The van der Waals surface area contributed by atoms with Crippen LogP contribution in [0.25, 0.3) is 0 Å². The van der Waals surface area contributed by atoms with Gasteiger partial charge in [-0.2, -0.15) is 0 Å². The molecular formula is C8H14N2O5S. The van der Waals surface area contributed by atoms with Crippen LogP contribution in [0.4, 0.5) is 4.79 Å². The lowest BCUT2D eigenvalue weighted by Gasteiger charge is -2.09. The fourth-order valence-electron chi connectivity index (χ4n) is 1.49. The lowest BCUT2D eigenvalue weighted by Crippen LogP contribution is -2.40. The predicted octanol–water partition coefficient (Wildman–Crippen LogP) is -1.20. The van der Waals surface area contributed by atoms with Crippen molar-refractivity contribution in [3.05, 3.63) is 0 Å². The van der Waals surface area contributed by atoms with Crippen LogP contribution in [0.1, 0.15) is 6.42 Å². The molecule has 16 heavy (non-hydrogen) atoms. The molecule has 0 bridgehead atoms. The lowest BCUT2D eigenvalue weighted by molar-refractivity contribution is -0.135. The molecule has 0 aromatic heterocycles. The quantitative estimate of drug-likeness (QED) is 0.580. The molecule has 1 fully saturated rings. The van der Waals surface area contributed by atoms with E-state index in [-0.39, 0.29) is 24.0 Å². The normalized spacial score (nSPS) is 22.6. The average Bonchev–Trinajstić information content (AvgIpc) is 2.52. The fourth-order valence-corrected chi connectivity index (χ4v) is 3.35.